The van der Waals surface area contributed by atoms with Crippen LogP contribution in [0.4, 0.5) is 9.18 Å². The Hall–Kier alpha value is -2.80. The molecule has 2 rings (SSSR count). The first-order valence-electron chi connectivity index (χ1n) is 9.38. The number of hydrogen-bond donors (Lipinski definition) is 2. The van der Waals surface area contributed by atoms with Crippen LogP contribution in [0.15, 0.2) is 30.3 Å². The van der Waals surface area contributed by atoms with Crippen LogP contribution in [0.3, 0.4) is 0 Å². The summed E-state index contributed by atoms with van der Waals surface area (Å²) >= 11 is 6.09. The van der Waals surface area contributed by atoms with Gasteiger partial charge in [-0.05, 0) is 63.9 Å². The van der Waals surface area contributed by atoms with Crippen molar-refractivity contribution in [2.24, 2.45) is 0 Å². The lowest BCUT2D eigenvalue weighted by molar-refractivity contribution is -0.145. The fraction of sp³-hybridized carbons (Fsp3) is 0.364. The summed E-state index contributed by atoms with van der Waals surface area (Å²) in [7, 11) is 0. The van der Waals surface area contributed by atoms with Crippen LogP contribution in [0.25, 0.3) is 11.1 Å². The van der Waals surface area contributed by atoms with E-state index in [1.54, 1.807) is 46.8 Å². The molecule has 8 heteroatoms. The normalized spacial score (nSPS) is 12.2. The summed E-state index contributed by atoms with van der Waals surface area (Å²) in [6.07, 6.45) is -0.916. The molecule has 0 unspecified atom stereocenters. The number of aromatic hydroxyl groups is 1. The van der Waals surface area contributed by atoms with E-state index in [0.717, 1.165) is 5.56 Å². The first-order chi connectivity index (χ1) is 13.9. The van der Waals surface area contributed by atoms with E-state index in [2.05, 4.69) is 5.32 Å². The lowest BCUT2D eigenvalue weighted by atomic mass is 9.95. The van der Waals surface area contributed by atoms with Crippen molar-refractivity contribution in [1.82, 2.24) is 5.32 Å². The van der Waals surface area contributed by atoms with E-state index in [-0.39, 0.29) is 22.9 Å². The number of rotatable bonds is 5. The Morgan fingerprint density at radius 1 is 1.27 bits per heavy atom. The monoisotopic (exact) mass is 437 g/mol. The molecule has 0 aliphatic carbocycles. The Morgan fingerprint density at radius 3 is 2.50 bits per heavy atom. The van der Waals surface area contributed by atoms with Crippen molar-refractivity contribution < 1.29 is 28.6 Å². The molecular formula is C22H25ClFNO5. The maximum absolute atomic E-state index is 14.9. The molecule has 2 aromatic carbocycles. The molecule has 1 atom stereocenters. The summed E-state index contributed by atoms with van der Waals surface area (Å²) in [5, 5.41) is 12.4. The van der Waals surface area contributed by atoms with E-state index in [9.17, 15) is 19.1 Å². The molecule has 0 saturated carbocycles. The molecule has 0 spiro atoms. The van der Waals surface area contributed by atoms with Crippen LogP contribution in [0.2, 0.25) is 5.02 Å². The second-order valence-corrected chi connectivity index (χ2v) is 8.07. The van der Waals surface area contributed by atoms with Crippen molar-refractivity contribution in [2.45, 2.75) is 46.3 Å². The van der Waals surface area contributed by atoms with Gasteiger partial charge in [-0.1, -0.05) is 23.7 Å². The first kappa shape index (κ1) is 23.5. The highest BCUT2D eigenvalue weighted by Crippen LogP contribution is 2.37. The third-order valence-corrected chi connectivity index (χ3v) is 4.37. The number of carbonyl (C=O) groups is 2. The molecule has 0 radical (unpaired) electrons. The zero-order chi connectivity index (χ0) is 22.6. The van der Waals surface area contributed by atoms with Gasteiger partial charge in [-0.2, -0.15) is 0 Å². The number of amides is 1. The van der Waals surface area contributed by atoms with Crippen LogP contribution in [0.1, 0.15) is 44.9 Å². The maximum Gasteiger partial charge on any atom is 0.408 e. The second kappa shape index (κ2) is 9.34. The van der Waals surface area contributed by atoms with Gasteiger partial charge in [0.15, 0.2) is 6.04 Å². The number of phenolic OH excluding ortho intramolecular Hbond substituents is 1. The highest BCUT2D eigenvalue weighted by atomic mass is 35.5. The molecule has 6 nitrogen and oxygen atoms in total. The molecule has 0 aliphatic heterocycles. The van der Waals surface area contributed by atoms with E-state index in [1.165, 1.54) is 18.2 Å². The third-order valence-electron chi connectivity index (χ3n) is 4.09. The van der Waals surface area contributed by atoms with Crippen LogP contribution < -0.4 is 5.32 Å². The number of halogens is 2. The number of esters is 1. The predicted molar refractivity (Wildman–Crippen MR) is 112 cm³/mol. The minimum atomic E-state index is -1.50. The predicted octanol–water partition coefficient (Wildman–Crippen LogP) is 5.29. The average Bonchev–Trinajstić information content (AvgIpc) is 2.61. The largest absolute Gasteiger partial charge is 0.507 e. The minimum Gasteiger partial charge on any atom is -0.507 e. The maximum atomic E-state index is 14.9. The number of nitrogens with one attached hydrogen (secondary N) is 1. The molecule has 0 saturated heterocycles. The van der Waals surface area contributed by atoms with Gasteiger partial charge < -0.3 is 19.9 Å². The van der Waals surface area contributed by atoms with Crippen LogP contribution in [0.5, 0.6) is 5.75 Å². The summed E-state index contributed by atoms with van der Waals surface area (Å²) in [6.45, 7) is 8.36. The Kier molecular flexibility index (Phi) is 7.31. The Bertz CT molecular complexity index is 935. The van der Waals surface area contributed by atoms with Gasteiger partial charge >= 0.3 is 12.1 Å². The molecule has 1 amide bonds. The van der Waals surface area contributed by atoms with E-state index >= 15 is 0 Å². The molecule has 162 valence electrons. The molecular weight excluding hydrogens is 413 g/mol. The van der Waals surface area contributed by atoms with Gasteiger partial charge in [-0.3, -0.25) is 0 Å². The standard InChI is InChI=1S/C22H25ClFNO5/c1-6-29-20(27)19(25-21(28)30-22(3,4)5)14-10-13(11-15(23)18(14)24)17-12(2)8-7-9-16(17)26/h7-11,19,26H,6H2,1-5H3,(H,25,28)/t19-/m1/s1. The molecule has 0 heterocycles. The van der Waals surface area contributed by atoms with Crippen molar-refractivity contribution in [2.75, 3.05) is 6.61 Å². The highest BCUT2D eigenvalue weighted by molar-refractivity contribution is 6.31. The van der Waals surface area contributed by atoms with E-state index in [1.807, 2.05) is 0 Å². The summed E-state index contributed by atoms with van der Waals surface area (Å²) in [6, 6.07) is 6.13. The van der Waals surface area contributed by atoms with Gasteiger partial charge in [0, 0.05) is 11.1 Å². The van der Waals surface area contributed by atoms with Crippen molar-refractivity contribution in [1.29, 1.82) is 0 Å². The number of hydrogen-bond acceptors (Lipinski definition) is 5. The molecule has 0 aromatic heterocycles. The van der Waals surface area contributed by atoms with Crippen LogP contribution in [-0.4, -0.2) is 29.4 Å². The highest BCUT2D eigenvalue weighted by Gasteiger charge is 2.31. The Morgan fingerprint density at radius 2 is 1.93 bits per heavy atom. The first-order valence-corrected chi connectivity index (χ1v) is 9.76. The van der Waals surface area contributed by atoms with Crippen molar-refractivity contribution in [3.63, 3.8) is 0 Å². The average molecular weight is 438 g/mol. The van der Waals surface area contributed by atoms with E-state index < -0.39 is 29.5 Å². The summed E-state index contributed by atoms with van der Waals surface area (Å²) in [5.41, 5.74) is 0.502. The molecule has 30 heavy (non-hydrogen) atoms. The smallest absolute Gasteiger partial charge is 0.408 e. The Labute approximate surface area is 180 Å². The third kappa shape index (κ3) is 5.63. The fourth-order valence-electron chi connectivity index (χ4n) is 2.91. The summed E-state index contributed by atoms with van der Waals surface area (Å²) < 4.78 is 25.1. The summed E-state index contributed by atoms with van der Waals surface area (Å²) in [4.78, 5) is 24.8. The number of aryl methyl sites for hydroxylation is 1. The van der Waals surface area contributed by atoms with Crippen molar-refractivity contribution in [3.05, 3.63) is 52.3 Å². The molecule has 0 bridgehead atoms. The number of alkyl carbamates (subject to hydrolysis) is 1. The summed E-state index contributed by atoms with van der Waals surface area (Å²) in [5.74, 6) is -1.79. The fourth-order valence-corrected chi connectivity index (χ4v) is 3.13. The molecule has 2 N–H and O–H groups in total. The van der Waals surface area contributed by atoms with E-state index in [4.69, 9.17) is 21.1 Å². The SMILES string of the molecule is CCOC(=O)[C@H](NC(=O)OC(C)(C)C)c1cc(-c2c(C)cccc2O)cc(Cl)c1F. The van der Waals surface area contributed by atoms with Crippen LogP contribution in [0, 0.1) is 12.7 Å². The number of carbonyl (C=O) groups excluding carboxylic acids is 2. The van der Waals surface area contributed by atoms with Gasteiger partial charge in [0.05, 0.1) is 11.6 Å². The lowest BCUT2D eigenvalue weighted by Gasteiger charge is -2.24. The van der Waals surface area contributed by atoms with Gasteiger partial charge in [0.2, 0.25) is 0 Å². The quantitative estimate of drug-likeness (QED) is 0.621. The lowest BCUT2D eigenvalue weighted by Crippen LogP contribution is -2.39. The van der Waals surface area contributed by atoms with Gasteiger partial charge in [-0.25, -0.2) is 14.0 Å². The number of phenols is 1. The van der Waals surface area contributed by atoms with Crippen molar-refractivity contribution in [3.8, 4) is 16.9 Å². The zero-order valence-corrected chi connectivity index (χ0v) is 18.3. The van der Waals surface area contributed by atoms with Crippen LogP contribution in [-0.2, 0) is 14.3 Å². The topological polar surface area (TPSA) is 84.9 Å². The Balaban J connectivity index is 2.58. The number of benzene rings is 2. The molecule has 2 aromatic rings. The molecule has 0 fully saturated rings. The van der Waals surface area contributed by atoms with Gasteiger partial charge in [-0.15, -0.1) is 0 Å². The van der Waals surface area contributed by atoms with Crippen LogP contribution >= 0.6 is 11.6 Å². The zero-order valence-electron chi connectivity index (χ0n) is 17.5. The van der Waals surface area contributed by atoms with Gasteiger partial charge in [0.1, 0.15) is 17.2 Å². The van der Waals surface area contributed by atoms with E-state index in [0.29, 0.717) is 11.1 Å². The minimum absolute atomic E-state index is 0.0267. The number of ether oxygens (including phenoxy) is 2. The second-order valence-electron chi connectivity index (χ2n) is 7.66. The van der Waals surface area contributed by atoms with Crippen molar-refractivity contribution >= 4 is 23.7 Å². The molecule has 0 aliphatic rings. The van der Waals surface area contributed by atoms with Gasteiger partial charge in [0.25, 0.3) is 0 Å².